The number of halogens is 1. The molecule has 0 aliphatic carbocycles. The Balaban J connectivity index is 2.39. The molecular formula is C10H10FN3. The molecule has 0 unspecified atom stereocenters. The van der Waals surface area contributed by atoms with Gasteiger partial charge in [-0.05, 0) is 12.5 Å². The van der Waals surface area contributed by atoms with Crippen molar-refractivity contribution in [3.05, 3.63) is 42.2 Å². The Bertz CT molecular complexity index is 436. The van der Waals surface area contributed by atoms with Crippen molar-refractivity contribution in [2.75, 3.05) is 0 Å². The van der Waals surface area contributed by atoms with Gasteiger partial charge in [0.05, 0.1) is 23.8 Å². The van der Waals surface area contributed by atoms with Crippen LogP contribution >= 0.6 is 0 Å². The first-order valence-electron chi connectivity index (χ1n) is 4.45. The van der Waals surface area contributed by atoms with E-state index in [2.05, 4.69) is 10.1 Å². The van der Waals surface area contributed by atoms with Crippen molar-refractivity contribution in [2.24, 2.45) is 0 Å². The van der Waals surface area contributed by atoms with Crippen molar-refractivity contribution in [2.45, 2.75) is 13.3 Å². The summed E-state index contributed by atoms with van der Waals surface area (Å²) in [4.78, 5) is 3.76. The van der Waals surface area contributed by atoms with Gasteiger partial charge in [-0.1, -0.05) is 6.92 Å². The van der Waals surface area contributed by atoms with Crippen LogP contribution < -0.4 is 0 Å². The van der Waals surface area contributed by atoms with E-state index in [1.54, 1.807) is 17.1 Å². The molecule has 0 bridgehead atoms. The van der Waals surface area contributed by atoms with Crippen LogP contribution in [0.3, 0.4) is 0 Å². The third kappa shape index (κ3) is 1.64. The zero-order valence-electron chi connectivity index (χ0n) is 7.81. The van der Waals surface area contributed by atoms with Crippen LogP contribution in [0.25, 0.3) is 5.69 Å². The van der Waals surface area contributed by atoms with E-state index in [0.29, 0.717) is 5.69 Å². The minimum absolute atomic E-state index is 0.351. The highest BCUT2D eigenvalue weighted by Gasteiger charge is 2.00. The molecular weight excluding hydrogens is 181 g/mol. The van der Waals surface area contributed by atoms with Gasteiger partial charge in [0.2, 0.25) is 0 Å². The molecule has 0 saturated carbocycles. The van der Waals surface area contributed by atoms with Gasteiger partial charge in [0.15, 0.2) is 0 Å². The maximum Gasteiger partial charge on any atom is 0.143 e. The zero-order chi connectivity index (χ0) is 9.97. The molecule has 0 amide bonds. The van der Waals surface area contributed by atoms with E-state index < -0.39 is 0 Å². The second kappa shape index (κ2) is 3.57. The number of hydrogen-bond donors (Lipinski definition) is 0. The molecule has 0 atom stereocenters. The average molecular weight is 191 g/mol. The van der Waals surface area contributed by atoms with Gasteiger partial charge in [-0.2, -0.15) is 5.10 Å². The lowest BCUT2D eigenvalue weighted by Crippen LogP contribution is -1.97. The van der Waals surface area contributed by atoms with Gasteiger partial charge in [0, 0.05) is 12.3 Å². The van der Waals surface area contributed by atoms with Crippen LogP contribution in [0.5, 0.6) is 0 Å². The summed E-state index contributed by atoms with van der Waals surface area (Å²) in [6, 6.07) is 3.31. The molecule has 3 nitrogen and oxygen atoms in total. The van der Waals surface area contributed by atoms with Gasteiger partial charge in [-0.15, -0.1) is 0 Å². The fraction of sp³-hybridized carbons (Fsp3) is 0.200. The number of rotatable bonds is 2. The molecule has 14 heavy (non-hydrogen) atoms. The summed E-state index contributed by atoms with van der Waals surface area (Å²) in [6.07, 6.45) is 5.42. The molecule has 72 valence electrons. The Morgan fingerprint density at radius 2 is 2.29 bits per heavy atom. The summed E-state index contributed by atoms with van der Waals surface area (Å²) < 4.78 is 14.5. The first-order valence-corrected chi connectivity index (χ1v) is 4.45. The molecule has 0 saturated heterocycles. The van der Waals surface area contributed by atoms with Crippen LogP contribution in [-0.4, -0.2) is 14.8 Å². The fourth-order valence-electron chi connectivity index (χ4n) is 1.22. The third-order valence-corrected chi connectivity index (χ3v) is 1.96. The maximum absolute atomic E-state index is 12.8. The molecule has 0 aromatic carbocycles. The van der Waals surface area contributed by atoms with E-state index in [9.17, 15) is 4.39 Å². The van der Waals surface area contributed by atoms with E-state index in [0.717, 1.165) is 12.1 Å². The number of aryl methyl sites for hydroxylation is 1. The first-order chi connectivity index (χ1) is 6.79. The highest BCUT2D eigenvalue weighted by molar-refractivity contribution is 5.27. The third-order valence-electron chi connectivity index (χ3n) is 1.96. The Kier molecular flexibility index (Phi) is 2.26. The molecule has 0 fully saturated rings. The second-order valence-electron chi connectivity index (χ2n) is 2.97. The first kappa shape index (κ1) is 8.87. The van der Waals surface area contributed by atoms with Crippen molar-refractivity contribution in [1.29, 1.82) is 0 Å². The number of aromatic nitrogens is 3. The zero-order valence-corrected chi connectivity index (χ0v) is 7.81. The molecule has 0 spiro atoms. The van der Waals surface area contributed by atoms with Crippen molar-refractivity contribution in [3.8, 4) is 5.69 Å². The number of nitrogens with zero attached hydrogens (tertiary/aromatic N) is 3. The van der Waals surface area contributed by atoms with Gasteiger partial charge < -0.3 is 0 Å². The van der Waals surface area contributed by atoms with E-state index in [1.165, 1.54) is 12.3 Å². The van der Waals surface area contributed by atoms with E-state index in [4.69, 9.17) is 0 Å². The summed E-state index contributed by atoms with van der Waals surface area (Å²) in [7, 11) is 0. The Morgan fingerprint density at radius 3 is 2.93 bits per heavy atom. The molecule has 0 aliphatic rings. The van der Waals surface area contributed by atoms with Gasteiger partial charge in [-0.3, -0.25) is 4.98 Å². The molecule has 0 radical (unpaired) electrons. The Morgan fingerprint density at radius 1 is 1.43 bits per heavy atom. The molecule has 2 rings (SSSR count). The summed E-state index contributed by atoms with van der Waals surface area (Å²) in [5.74, 6) is -0.351. The molecule has 2 aromatic heterocycles. The van der Waals surface area contributed by atoms with Crippen LogP contribution in [0.1, 0.15) is 12.6 Å². The fourth-order valence-corrected chi connectivity index (χ4v) is 1.22. The van der Waals surface area contributed by atoms with Gasteiger partial charge >= 0.3 is 0 Å². The van der Waals surface area contributed by atoms with Crippen molar-refractivity contribution in [1.82, 2.24) is 14.8 Å². The van der Waals surface area contributed by atoms with Crippen LogP contribution in [0.2, 0.25) is 0 Å². The van der Waals surface area contributed by atoms with Crippen LogP contribution in [0.4, 0.5) is 4.39 Å². The van der Waals surface area contributed by atoms with Crippen molar-refractivity contribution >= 4 is 0 Å². The van der Waals surface area contributed by atoms with Crippen LogP contribution in [-0.2, 0) is 6.42 Å². The topological polar surface area (TPSA) is 30.7 Å². The van der Waals surface area contributed by atoms with Gasteiger partial charge in [0.25, 0.3) is 0 Å². The minimum atomic E-state index is -0.351. The molecule has 4 heteroatoms. The van der Waals surface area contributed by atoms with Crippen molar-refractivity contribution < 1.29 is 4.39 Å². The average Bonchev–Trinajstić information content (AvgIpc) is 2.66. The lowest BCUT2D eigenvalue weighted by molar-refractivity contribution is 0.618. The predicted octanol–water partition coefficient (Wildman–Crippen LogP) is 1.97. The quantitative estimate of drug-likeness (QED) is 0.726. The smallest absolute Gasteiger partial charge is 0.143 e. The maximum atomic E-state index is 12.8. The monoisotopic (exact) mass is 191 g/mol. The SMILES string of the molecule is CCc1ccn(-c2cncc(F)c2)n1. The standard InChI is InChI=1S/C10H10FN3/c1-2-9-3-4-14(13-9)10-5-8(11)6-12-7-10/h3-7H,2H2,1H3. The van der Waals surface area contributed by atoms with Gasteiger partial charge in [0.1, 0.15) is 5.82 Å². The van der Waals surface area contributed by atoms with Crippen molar-refractivity contribution in [3.63, 3.8) is 0 Å². The molecule has 0 aliphatic heterocycles. The summed E-state index contributed by atoms with van der Waals surface area (Å²) >= 11 is 0. The number of pyridine rings is 1. The Hall–Kier alpha value is -1.71. The van der Waals surface area contributed by atoms with Crippen LogP contribution in [0, 0.1) is 5.82 Å². The summed E-state index contributed by atoms with van der Waals surface area (Å²) in [5, 5.41) is 4.25. The van der Waals surface area contributed by atoms with Gasteiger partial charge in [-0.25, -0.2) is 9.07 Å². The molecule has 2 aromatic rings. The highest BCUT2D eigenvalue weighted by Crippen LogP contribution is 2.07. The minimum Gasteiger partial charge on any atom is -0.259 e. The largest absolute Gasteiger partial charge is 0.259 e. The summed E-state index contributed by atoms with van der Waals surface area (Å²) in [5.41, 5.74) is 1.62. The predicted molar refractivity (Wildman–Crippen MR) is 50.7 cm³/mol. The van der Waals surface area contributed by atoms with E-state index in [1.807, 2.05) is 13.0 Å². The molecule has 2 heterocycles. The summed E-state index contributed by atoms with van der Waals surface area (Å²) in [6.45, 7) is 2.02. The molecule has 0 N–H and O–H groups in total. The Labute approximate surface area is 81.2 Å². The number of hydrogen-bond acceptors (Lipinski definition) is 2. The van der Waals surface area contributed by atoms with Crippen LogP contribution in [0.15, 0.2) is 30.7 Å². The van der Waals surface area contributed by atoms with E-state index in [-0.39, 0.29) is 5.82 Å². The lowest BCUT2D eigenvalue weighted by atomic mass is 10.4. The van der Waals surface area contributed by atoms with E-state index >= 15 is 0 Å². The second-order valence-corrected chi connectivity index (χ2v) is 2.97. The highest BCUT2D eigenvalue weighted by atomic mass is 19.1. The normalized spacial score (nSPS) is 10.4. The lowest BCUT2D eigenvalue weighted by Gasteiger charge is -1.99.